The minimum atomic E-state index is -0.418. The molecule has 0 N–H and O–H groups in total. The molecular formula is C23H14Cl2FNO2S. The summed E-state index contributed by atoms with van der Waals surface area (Å²) in [6.45, 7) is 0.115. The molecule has 0 radical (unpaired) electrons. The van der Waals surface area contributed by atoms with Crippen LogP contribution in [-0.2, 0) is 16.1 Å². The lowest BCUT2D eigenvalue weighted by Gasteiger charge is -2.15. The number of nitrogens with zero attached hydrogens (tertiary/aromatic N) is 1. The summed E-state index contributed by atoms with van der Waals surface area (Å²) in [4.78, 5) is 28.7. The second-order valence-electron chi connectivity index (χ2n) is 6.59. The molecule has 7 heteroatoms. The maximum Gasteiger partial charge on any atom is 0.268 e. The molecule has 4 rings (SSSR count). The molecule has 1 aliphatic rings. The van der Waals surface area contributed by atoms with Gasteiger partial charge in [0.2, 0.25) is 0 Å². The summed E-state index contributed by atoms with van der Waals surface area (Å²) < 4.78 is 13.4. The van der Waals surface area contributed by atoms with Crippen LogP contribution in [0, 0.1) is 5.82 Å². The average molecular weight is 458 g/mol. The predicted molar refractivity (Wildman–Crippen MR) is 118 cm³/mol. The molecular weight excluding hydrogens is 444 g/mol. The van der Waals surface area contributed by atoms with Crippen LogP contribution in [0.25, 0.3) is 5.57 Å². The SMILES string of the molecule is O=C1C(Sc2ccc(Cl)cc2)=C(c2ccc(F)cc2)C(=O)N1Cc1ccc(Cl)cc1. The lowest BCUT2D eigenvalue weighted by molar-refractivity contribution is -0.137. The van der Waals surface area contributed by atoms with Crippen LogP contribution in [-0.4, -0.2) is 16.7 Å². The second kappa shape index (κ2) is 8.64. The molecule has 2 amide bonds. The molecule has 150 valence electrons. The summed E-state index contributed by atoms with van der Waals surface area (Å²) in [5.41, 5.74) is 1.52. The van der Waals surface area contributed by atoms with Crippen molar-refractivity contribution in [3.63, 3.8) is 0 Å². The summed E-state index contributed by atoms with van der Waals surface area (Å²) in [7, 11) is 0. The number of hydrogen-bond acceptors (Lipinski definition) is 3. The number of hydrogen-bond donors (Lipinski definition) is 0. The smallest absolute Gasteiger partial charge is 0.268 e. The van der Waals surface area contributed by atoms with Gasteiger partial charge in [0, 0.05) is 14.9 Å². The van der Waals surface area contributed by atoms with Crippen LogP contribution in [0.4, 0.5) is 4.39 Å². The van der Waals surface area contributed by atoms with Gasteiger partial charge in [-0.05, 0) is 59.7 Å². The highest BCUT2D eigenvalue weighted by molar-refractivity contribution is 8.04. The Morgan fingerprint density at radius 1 is 0.767 bits per heavy atom. The number of carbonyl (C=O) groups is 2. The molecule has 0 bridgehead atoms. The van der Waals surface area contributed by atoms with E-state index >= 15 is 0 Å². The van der Waals surface area contributed by atoms with Crippen LogP contribution in [0.3, 0.4) is 0 Å². The zero-order valence-corrected chi connectivity index (χ0v) is 17.8. The molecule has 3 aromatic carbocycles. The fourth-order valence-electron chi connectivity index (χ4n) is 3.06. The van der Waals surface area contributed by atoms with Gasteiger partial charge in [0.1, 0.15) is 5.82 Å². The standard InChI is InChI=1S/C23H14Cl2FNO2S/c24-16-5-1-14(2-6-16)13-27-22(28)20(15-3-9-18(26)10-4-15)21(23(27)29)30-19-11-7-17(25)8-12-19/h1-12H,13H2. The van der Waals surface area contributed by atoms with Crippen LogP contribution >= 0.6 is 35.0 Å². The summed E-state index contributed by atoms with van der Waals surface area (Å²) in [5.74, 6) is -1.23. The van der Waals surface area contributed by atoms with E-state index in [4.69, 9.17) is 23.2 Å². The molecule has 0 aromatic heterocycles. The first-order valence-electron chi connectivity index (χ1n) is 8.96. The van der Waals surface area contributed by atoms with Gasteiger partial charge in [-0.2, -0.15) is 0 Å². The van der Waals surface area contributed by atoms with Crippen molar-refractivity contribution in [2.24, 2.45) is 0 Å². The maximum absolute atomic E-state index is 13.4. The van der Waals surface area contributed by atoms with Gasteiger partial charge in [-0.1, -0.05) is 59.2 Å². The van der Waals surface area contributed by atoms with Gasteiger partial charge in [0.15, 0.2) is 0 Å². The maximum atomic E-state index is 13.4. The summed E-state index contributed by atoms with van der Waals surface area (Å²) in [6, 6.07) is 19.5. The normalized spacial score (nSPS) is 14.0. The third kappa shape index (κ3) is 4.29. The van der Waals surface area contributed by atoms with E-state index in [2.05, 4.69) is 0 Å². The predicted octanol–water partition coefficient (Wildman–Crippen LogP) is 6.20. The van der Waals surface area contributed by atoms with Crippen LogP contribution in [0.5, 0.6) is 0 Å². The largest absolute Gasteiger partial charge is 0.269 e. The molecule has 0 unspecified atom stereocenters. The molecule has 0 spiro atoms. The molecule has 1 heterocycles. The van der Waals surface area contributed by atoms with E-state index in [0.29, 0.717) is 20.5 Å². The van der Waals surface area contributed by atoms with Gasteiger partial charge in [0.25, 0.3) is 11.8 Å². The van der Waals surface area contributed by atoms with Gasteiger partial charge in [-0.15, -0.1) is 0 Å². The van der Waals surface area contributed by atoms with Crippen molar-refractivity contribution in [2.45, 2.75) is 11.4 Å². The van der Waals surface area contributed by atoms with Crippen molar-refractivity contribution in [1.29, 1.82) is 0 Å². The lowest BCUT2D eigenvalue weighted by atomic mass is 10.1. The molecule has 0 saturated carbocycles. The Balaban J connectivity index is 1.72. The first-order valence-corrected chi connectivity index (χ1v) is 10.5. The Morgan fingerprint density at radius 3 is 1.93 bits per heavy atom. The minimum Gasteiger partial charge on any atom is -0.269 e. The highest BCUT2D eigenvalue weighted by atomic mass is 35.5. The van der Waals surface area contributed by atoms with Gasteiger partial charge >= 0.3 is 0 Å². The number of amides is 2. The number of carbonyl (C=O) groups excluding carboxylic acids is 2. The third-order valence-corrected chi connectivity index (χ3v) is 6.14. The molecule has 0 saturated heterocycles. The lowest BCUT2D eigenvalue weighted by Crippen LogP contribution is -2.30. The molecule has 0 fully saturated rings. The van der Waals surface area contributed by atoms with Gasteiger partial charge in [-0.25, -0.2) is 4.39 Å². The number of rotatable bonds is 5. The van der Waals surface area contributed by atoms with E-state index in [0.717, 1.165) is 10.5 Å². The Kier molecular flexibility index (Phi) is 5.95. The molecule has 1 aliphatic heterocycles. The first kappa shape index (κ1) is 20.7. The molecule has 0 atom stereocenters. The fourth-order valence-corrected chi connectivity index (χ4v) is 4.32. The monoisotopic (exact) mass is 457 g/mol. The van der Waals surface area contributed by atoms with Gasteiger partial charge in [-0.3, -0.25) is 14.5 Å². The second-order valence-corrected chi connectivity index (χ2v) is 8.55. The van der Waals surface area contributed by atoms with Crippen LogP contribution in [0.2, 0.25) is 10.0 Å². The Morgan fingerprint density at radius 2 is 1.33 bits per heavy atom. The summed E-state index contributed by atoms with van der Waals surface area (Å²) in [6.07, 6.45) is 0. The van der Waals surface area contributed by atoms with E-state index in [-0.39, 0.29) is 12.1 Å². The van der Waals surface area contributed by atoms with E-state index in [9.17, 15) is 14.0 Å². The van der Waals surface area contributed by atoms with Gasteiger partial charge in [0.05, 0.1) is 17.0 Å². The Bertz CT molecular complexity index is 1140. The zero-order valence-electron chi connectivity index (χ0n) is 15.4. The Hall–Kier alpha value is -2.60. The van der Waals surface area contributed by atoms with Crippen molar-refractivity contribution in [2.75, 3.05) is 0 Å². The van der Waals surface area contributed by atoms with E-state index in [1.807, 2.05) is 0 Å². The number of halogens is 3. The molecule has 3 aromatic rings. The number of imide groups is 1. The zero-order chi connectivity index (χ0) is 21.3. The summed E-state index contributed by atoms with van der Waals surface area (Å²) >= 11 is 13.1. The topological polar surface area (TPSA) is 37.4 Å². The molecule has 0 aliphatic carbocycles. The number of thioether (sulfide) groups is 1. The molecule has 30 heavy (non-hydrogen) atoms. The third-order valence-electron chi connectivity index (χ3n) is 4.55. The molecule has 3 nitrogen and oxygen atoms in total. The van der Waals surface area contributed by atoms with Crippen LogP contribution in [0.1, 0.15) is 11.1 Å². The van der Waals surface area contributed by atoms with Crippen molar-refractivity contribution in [3.8, 4) is 0 Å². The number of benzene rings is 3. The Labute approximate surface area is 187 Å². The van der Waals surface area contributed by atoms with Crippen molar-refractivity contribution in [1.82, 2.24) is 4.90 Å². The van der Waals surface area contributed by atoms with Crippen molar-refractivity contribution in [3.05, 3.63) is 105 Å². The summed E-state index contributed by atoms with van der Waals surface area (Å²) in [5, 5.41) is 1.15. The highest BCUT2D eigenvalue weighted by Gasteiger charge is 2.39. The fraction of sp³-hybridized carbons (Fsp3) is 0.0435. The van der Waals surface area contributed by atoms with Crippen molar-refractivity contribution < 1.29 is 14.0 Å². The van der Waals surface area contributed by atoms with Crippen LogP contribution < -0.4 is 0 Å². The van der Waals surface area contributed by atoms with E-state index in [1.54, 1.807) is 48.5 Å². The van der Waals surface area contributed by atoms with Crippen LogP contribution in [0.15, 0.2) is 82.6 Å². The van der Waals surface area contributed by atoms with Crippen molar-refractivity contribution >= 4 is 52.4 Å². The van der Waals surface area contributed by atoms with E-state index in [1.165, 1.54) is 40.9 Å². The first-order chi connectivity index (χ1) is 14.4. The minimum absolute atomic E-state index is 0.115. The average Bonchev–Trinajstić information content (AvgIpc) is 2.96. The highest BCUT2D eigenvalue weighted by Crippen LogP contribution is 2.40. The quantitative estimate of drug-likeness (QED) is 0.427. The van der Waals surface area contributed by atoms with Gasteiger partial charge < -0.3 is 0 Å². The van der Waals surface area contributed by atoms with E-state index < -0.39 is 17.6 Å².